The fourth-order valence-corrected chi connectivity index (χ4v) is 3.71. The van der Waals surface area contributed by atoms with Gasteiger partial charge in [-0.2, -0.15) is 0 Å². The third-order valence-electron chi connectivity index (χ3n) is 4.93. The Morgan fingerprint density at radius 1 is 1.04 bits per heavy atom. The minimum Gasteiger partial charge on any atom is -0.368 e. The maximum atomic E-state index is 12.9. The first kappa shape index (κ1) is 15.9. The number of nitrogens with two attached hydrogens (primary N) is 1. The summed E-state index contributed by atoms with van der Waals surface area (Å²) in [5, 5.41) is 0. The molecule has 0 spiro atoms. The highest BCUT2D eigenvalue weighted by molar-refractivity contribution is 5.94. The van der Waals surface area contributed by atoms with E-state index in [4.69, 9.17) is 5.73 Å². The Labute approximate surface area is 135 Å². The molecule has 2 amide bonds. The van der Waals surface area contributed by atoms with Gasteiger partial charge in [-0.05, 0) is 56.5 Å². The number of benzene rings is 1. The van der Waals surface area contributed by atoms with E-state index in [1.165, 1.54) is 24.3 Å². The topological polar surface area (TPSA) is 66.6 Å². The van der Waals surface area contributed by atoms with Gasteiger partial charge in [0, 0.05) is 24.7 Å². The van der Waals surface area contributed by atoms with Crippen LogP contribution in [0.4, 0.5) is 4.39 Å². The van der Waals surface area contributed by atoms with Gasteiger partial charge >= 0.3 is 0 Å². The van der Waals surface area contributed by atoms with Crippen molar-refractivity contribution in [3.05, 3.63) is 35.6 Å². The number of hydrogen-bond acceptors (Lipinski definition) is 3. The van der Waals surface area contributed by atoms with Crippen LogP contribution in [0.2, 0.25) is 0 Å². The Morgan fingerprint density at radius 2 is 1.70 bits per heavy atom. The van der Waals surface area contributed by atoms with Crippen molar-refractivity contribution in [2.24, 2.45) is 5.73 Å². The highest BCUT2D eigenvalue weighted by atomic mass is 19.1. The molecular formula is C17H22FN3O2. The van der Waals surface area contributed by atoms with Gasteiger partial charge in [0.15, 0.2) is 0 Å². The third kappa shape index (κ3) is 3.37. The lowest BCUT2D eigenvalue weighted by molar-refractivity contribution is -0.123. The number of nitrogens with zero attached hydrogens (tertiary/aromatic N) is 2. The number of hydrogen-bond donors (Lipinski definition) is 1. The lowest BCUT2D eigenvalue weighted by Crippen LogP contribution is -2.51. The number of carbonyl (C=O) groups excluding carboxylic acids is 2. The Hall–Kier alpha value is -1.95. The standard InChI is InChI=1S/C17H22FN3O2/c18-13-5-3-12(4-6-13)17(23)20-10-7-14(8-11-20)21-9-1-2-15(21)16(19)22/h3-6,14-15H,1-2,7-11H2,(H2,19,22)/t15-/m1/s1. The molecule has 23 heavy (non-hydrogen) atoms. The van der Waals surface area contributed by atoms with Crippen LogP contribution in [0, 0.1) is 5.82 Å². The summed E-state index contributed by atoms with van der Waals surface area (Å²) in [6.07, 6.45) is 3.53. The normalized spacial score (nSPS) is 23.2. The molecule has 0 bridgehead atoms. The van der Waals surface area contributed by atoms with Crippen molar-refractivity contribution in [2.45, 2.75) is 37.8 Å². The summed E-state index contributed by atoms with van der Waals surface area (Å²) in [6, 6.07) is 5.82. The summed E-state index contributed by atoms with van der Waals surface area (Å²) in [6.45, 7) is 2.22. The summed E-state index contributed by atoms with van der Waals surface area (Å²) in [5.74, 6) is -0.643. The van der Waals surface area contributed by atoms with E-state index >= 15 is 0 Å². The summed E-state index contributed by atoms with van der Waals surface area (Å²) < 4.78 is 12.9. The van der Waals surface area contributed by atoms with Crippen LogP contribution in [-0.2, 0) is 4.79 Å². The lowest BCUT2D eigenvalue weighted by Gasteiger charge is -2.38. The van der Waals surface area contributed by atoms with Crippen LogP contribution in [0.15, 0.2) is 24.3 Å². The van der Waals surface area contributed by atoms with Crippen molar-refractivity contribution < 1.29 is 14.0 Å². The third-order valence-corrected chi connectivity index (χ3v) is 4.93. The number of primary amides is 1. The van der Waals surface area contributed by atoms with Crippen molar-refractivity contribution in [1.82, 2.24) is 9.80 Å². The molecule has 2 fully saturated rings. The van der Waals surface area contributed by atoms with Crippen LogP contribution >= 0.6 is 0 Å². The van der Waals surface area contributed by atoms with Crippen LogP contribution in [-0.4, -0.2) is 53.3 Å². The molecule has 1 atom stereocenters. The molecule has 2 saturated heterocycles. The minimum atomic E-state index is -0.341. The maximum absolute atomic E-state index is 12.9. The first-order chi connectivity index (χ1) is 11.1. The summed E-state index contributed by atoms with van der Waals surface area (Å²) in [5.41, 5.74) is 6.00. The van der Waals surface area contributed by atoms with Gasteiger partial charge in [0.05, 0.1) is 6.04 Å². The monoisotopic (exact) mass is 319 g/mol. The predicted molar refractivity (Wildman–Crippen MR) is 84.2 cm³/mol. The van der Waals surface area contributed by atoms with E-state index in [9.17, 15) is 14.0 Å². The first-order valence-electron chi connectivity index (χ1n) is 8.16. The van der Waals surface area contributed by atoms with Crippen LogP contribution in [0.5, 0.6) is 0 Å². The first-order valence-corrected chi connectivity index (χ1v) is 8.16. The van der Waals surface area contributed by atoms with E-state index in [0.717, 1.165) is 32.2 Å². The highest BCUT2D eigenvalue weighted by Gasteiger charge is 2.36. The summed E-state index contributed by atoms with van der Waals surface area (Å²) in [7, 11) is 0. The largest absolute Gasteiger partial charge is 0.368 e. The fourth-order valence-electron chi connectivity index (χ4n) is 3.71. The molecule has 0 aromatic heterocycles. The van der Waals surface area contributed by atoms with E-state index in [1.807, 2.05) is 0 Å². The maximum Gasteiger partial charge on any atom is 0.253 e. The molecule has 1 aromatic carbocycles. The van der Waals surface area contributed by atoms with Crippen LogP contribution in [0.3, 0.4) is 0 Å². The zero-order chi connectivity index (χ0) is 16.4. The second-order valence-electron chi connectivity index (χ2n) is 6.33. The molecule has 124 valence electrons. The van der Waals surface area contributed by atoms with Crippen molar-refractivity contribution in [2.75, 3.05) is 19.6 Å². The lowest BCUT2D eigenvalue weighted by atomic mass is 10.0. The second kappa shape index (κ2) is 6.66. The average Bonchev–Trinajstić information content (AvgIpc) is 3.05. The summed E-state index contributed by atoms with van der Waals surface area (Å²) >= 11 is 0. The van der Waals surface area contributed by atoms with Crippen LogP contribution in [0.25, 0.3) is 0 Å². The molecule has 0 saturated carbocycles. The van der Waals surface area contributed by atoms with Gasteiger partial charge in [0.1, 0.15) is 5.82 Å². The molecule has 5 nitrogen and oxygen atoms in total. The van der Waals surface area contributed by atoms with Gasteiger partial charge < -0.3 is 10.6 Å². The van der Waals surface area contributed by atoms with Gasteiger partial charge in [-0.3, -0.25) is 14.5 Å². The van der Waals surface area contributed by atoms with Crippen LogP contribution in [0.1, 0.15) is 36.0 Å². The number of amides is 2. The molecule has 2 aliphatic rings. The number of likely N-dealkylation sites (tertiary alicyclic amines) is 2. The van der Waals surface area contributed by atoms with Gasteiger partial charge in [0.2, 0.25) is 5.91 Å². The Bertz CT molecular complexity index is 582. The van der Waals surface area contributed by atoms with E-state index < -0.39 is 0 Å². The highest BCUT2D eigenvalue weighted by Crippen LogP contribution is 2.26. The zero-order valence-corrected chi connectivity index (χ0v) is 13.1. The van der Waals surface area contributed by atoms with Crippen molar-refractivity contribution in [3.63, 3.8) is 0 Å². The molecule has 0 radical (unpaired) electrons. The van der Waals surface area contributed by atoms with Gasteiger partial charge in [-0.15, -0.1) is 0 Å². The zero-order valence-electron chi connectivity index (χ0n) is 13.1. The summed E-state index contributed by atoms with van der Waals surface area (Å²) in [4.78, 5) is 28.0. The molecule has 2 N–H and O–H groups in total. The molecule has 0 aliphatic carbocycles. The Kier molecular flexibility index (Phi) is 4.61. The van der Waals surface area contributed by atoms with E-state index in [1.54, 1.807) is 4.90 Å². The molecule has 1 aromatic rings. The van der Waals surface area contributed by atoms with E-state index in [2.05, 4.69) is 4.90 Å². The quantitative estimate of drug-likeness (QED) is 0.915. The van der Waals surface area contributed by atoms with Gasteiger partial charge in [-0.25, -0.2) is 4.39 Å². The Morgan fingerprint density at radius 3 is 2.30 bits per heavy atom. The van der Waals surface area contributed by atoms with Gasteiger partial charge in [0.25, 0.3) is 5.91 Å². The number of rotatable bonds is 3. The Balaban J connectivity index is 1.59. The molecule has 6 heteroatoms. The molecule has 3 rings (SSSR count). The van der Waals surface area contributed by atoms with Crippen molar-refractivity contribution in [3.8, 4) is 0 Å². The average molecular weight is 319 g/mol. The van der Waals surface area contributed by atoms with E-state index in [-0.39, 0.29) is 23.7 Å². The van der Waals surface area contributed by atoms with Crippen molar-refractivity contribution in [1.29, 1.82) is 0 Å². The molecular weight excluding hydrogens is 297 g/mol. The van der Waals surface area contributed by atoms with Gasteiger partial charge in [-0.1, -0.05) is 0 Å². The molecule has 0 unspecified atom stereocenters. The molecule has 2 heterocycles. The minimum absolute atomic E-state index is 0.0590. The van der Waals surface area contributed by atoms with Crippen LogP contribution < -0.4 is 5.73 Å². The smallest absolute Gasteiger partial charge is 0.253 e. The van der Waals surface area contributed by atoms with E-state index in [0.29, 0.717) is 24.7 Å². The second-order valence-corrected chi connectivity index (χ2v) is 6.33. The SMILES string of the molecule is NC(=O)[C@H]1CCCN1C1CCN(C(=O)c2ccc(F)cc2)CC1. The molecule has 2 aliphatic heterocycles. The fraction of sp³-hybridized carbons (Fsp3) is 0.529. The number of halogens is 1. The van der Waals surface area contributed by atoms with Crippen molar-refractivity contribution >= 4 is 11.8 Å². The predicted octanol–water partition coefficient (Wildman–Crippen LogP) is 1.38. The number of piperidine rings is 1. The number of carbonyl (C=O) groups is 2.